The Morgan fingerprint density at radius 1 is 0.962 bits per heavy atom. The highest BCUT2D eigenvalue weighted by molar-refractivity contribution is 5.98. The molecule has 2 aliphatic heterocycles. The molecule has 0 unspecified atom stereocenters. The average Bonchev–Trinajstić information content (AvgIpc) is 2.94. The van der Waals surface area contributed by atoms with Gasteiger partial charge in [0.25, 0.3) is 5.91 Å². The molecular formula is C20H18N2O4. The fourth-order valence-corrected chi connectivity index (χ4v) is 3.27. The molecule has 2 heterocycles. The Morgan fingerprint density at radius 3 is 2.23 bits per heavy atom. The minimum absolute atomic E-state index is 0.00581. The lowest BCUT2D eigenvalue weighted by molar-refractivity contribution is -0.141. The van der Waals surface area contributed by atoms with Crippen molar-refractivity contribution in [3.8, 4) is 11.1 Å². The highest BCUT2D eigenvalue weighted by Crippen LogP contribution is 2.22. The van der Waals surface area contributed by atoms with E-state index < -0.39 is 6.09 Å². The van der Waals surface area contributed by atoms with Crippen molar-refractivity contribution in [1.29, 1.82) is 0 Å². The molecule has 2 fully saturated rings. The summed E-state index contributed by atoms with van der Waals surface area (Å²) in [7, 11) is 0. The normalized spacial score (nSPS) is 17.2. The molecule has 26 heavy (non-hydrogen) atoms. The van der Waals surface area contributed by atoms with Crippen LogP contribution < -0.4 is 0 Å². The molecule has 6 nitrogen and oxygen atoms in total. The Labute approximate surface area is 151 Å². The molecule has 0 radical (unpaired) electrons. The number of hydrogen-bond donors (Lipinski definition) is 0. The molecule has 0 spiro atoms. The van der Waals surface area contributed by atoms with Gasteiger partial charge in [-0.25, -0.2) is 9.69 Å². The fourth-order valence-electron chi connectivity index (χ4n) is 3.27. The minimum atomic E-state index is -0.608. The smallest absolute Gasteiger partial charge is 0.417 e. The van der Waals surface area contributed by atoms with Gasteiger partial charge in [0.1, 0.15) is 0 Å². The Morgan fingerprint density at radius 2 is 1.62 bits per heavy atom. The molecule has 0 aromatic heterocycles. The highest BCUT2D eigenvalue weighted by atomic mass is 16.6. The lowest BCUT2D eigenvalue weighted by Crippen LogP contribution is -2.62. The number of benzene rings is 2. The Balaban J connectivity index is 1.33. The van der Waals surface area contributed by atoms with Crippen LogP contribution in [0.4, 0.5) is 4.79 Å². The van der Waals surface area contributed by atoms with Crippen LogP contribution in [-0.2, 0) is 20.7 Å². The molecule has 132 valence electrons. The lowest BCUT2D eigenvalue weighted by atomic mass is 10.0. The molecule has 0 N–H and O–H groups in total. The second kappa shape index (κ2) is 6.63. The number of ether oxygens (including phenoxy) is 1. The monoisotopic (exact) mass is 350 g/mol. The van der Waals surface area contributed by atoms with Crippen LogP contribution in [0.25, 0.3) is 11.1 Å². The van der Waals surface area contributed by atoms with Crippen LogP contribution in [0.1, 0.15) is 5.56 Å². The van der Waals surface area contributed by atoms with Gasteiger partial charge < -0.3 is 9.64 Å². The number of carbonyl (C=O) groups is 3. The molecule has 2 aromatic rings. The first-order valence-corrected chi connectivity index (χ1v) is 8.53. The third-order valence-corrected chi connectivity index (χ3v) is 4.78. The van der Waals surface area contributed by atoms with Gasteiger partial charge in [0.05, 0.1) is 12.5 Å². The SMILES string of the molecule is O=C(Cc1ccc(-c2ccccc2)cc1)N1CC(N2C(=O)COC2=O)C1. The van der Waals surface area contributed by atoms with E-state index in [9.17, 15) is 14.4 Å². The maximum absolute atomic E-state index is 12.4. The van der Waals surface area contributed by atoms with Gasteiger partial charge in [-0.15, -0.1) is 0 Å². The summed E-state index contributed by atoms with van der Waals surface area (Å²) in [5, 5.41) is 0. The van der Waals surface area contributed by atoms with Crippen LogP contribution in [0.5, 0.6) is 0 Å². The van der Waals surface area contributed by atoms with E-state index in [2.05, 4.69) is 0 Å². The second-order valence-corrected chi connectivity index (χ2v) is 6.51. The summed E-state index contributed by atoms with van der Waals surface area (Å²) in [6, 6.07) is 17.7. The van der Waals surface area contributed by atoms with E-state index in [1.165, 1.54) is 0 Å². The van der Waals surface area contributed by atoms with Crippen molar-refractivity contribution < 1.29 is 19.1 Å². The molecule has 4 rings (SSSR count). The van der Waals surface area contributed by atoms with Crippen molar-refractivity contribution in [2.24, 2.45) is 0 Å². The van der Waals surface area contributed by atoms with E-state index in [-0.39, 0.29) is 24.5 Å². The van der Waals surface area contributed by atoms with Gasteiger partial charge in [-0.1, -0.05) is 54.6 Å². The third kappa shape index (κ3) is 3.06. The summed E-state index contributed by atoms with van der Waals surface area (Å²) in [5.41, 5.74) is 3.18. The molecule has 0 atom stereocenters. The van der Waals surface area contributed by atoms with Gasteiger partial charge in [-0.05, 0) is 16.7 Å². The maximum Gasteiger partial charge on any atom is 0.417 e. The molecule has 0 bridgehead atoms. The summed E-state index contributed by atoms with van der Waals surface area (Å²) < 4.78 is 4.71. The number of likely N-dealkylation sites (tertiary alicyclic amines) is 1. The number of hydrogen-bond acceptors (Lipinski definition) is 4. The van der Waals surface area contributed by atoms with E-state index in [1.54, 1.807) is 4.90 Å². The van der Waals surface area contributed by atoms with Crippen molar-refractivity contribution in [2.75, 3.05) is 19.7 Å². The second-order valence-electron chi connectivity index (χ2n) is 6.51. The molecule has 3 amide bonds. The number of cyclic esters (lactones) is 1. The zero-order valence-corrected chi connectivity index (χ0v) is 14.1. The quantitative estimate of drug-likeness (QED) is 0.847. The Bertz CT molecular complexity index is 826. The molecule has 0 saturated carbocycles. The first-order valence-electron chi connectivity index (χ1n) is 8.53. The van der Waals surface area contributed by atoms with Crippen LogP contribution in [0.2, 0.25) is 0 Å². The van der Waals surface area contributed by atoms with Crippen molar-refractivity contribution >= 4 is 17.9 Å². The molecule has 2 aliphatic rings. The van der Waals surface area contributed by atoms with Gasteiger partial charge in [0.15, 0.2) is 6.61 Å². The zero-order chi connectivity index (χ0) is 18.1. The average molecular weight is 350 g/mol. The van der Waals surface area contributed by atoms with Gasteiger partial charge >= 0.3 is 6.09 Å². The van der Waals surface area contributed by atoms with E-state index in [1.807, 2.05) is 54.6 Å². The number of nitrogens with zero attached hydrogens (tertiary/aromatic N) is 2. The summed E-state index contributed by atoms with van der Waals surface area (Å²) >= 11 is 0. The third-order valence-electron chi connectivity index (χ3n) is 4.78. The highest BCUT2D eigenvalue weighted by Gasteiger charge is 2.44. The number of imide groups is 1. The van der Waals surface area contributed by atoms with Crippen LogP contribution in [0.15, 0.2) is 54.6 Å². The van der Waals surface area contributed by atoms with Crippen LogP contribution >= 0.6 is 0 Å². The summed E-state index contributed by atoms with van der Waals surface area (Å²) in [6.07, 6.45) is -0.302. The zero-order valence-electron chi connectivity index (χ0n) is 14.1. The van der Waals surface area contributed by atoms with Crippen LogP contribution in [0.3, 0.4) is 0 Å². The lowest BCUT2D eigenvalue weighted by Gasteiger charge is -2.42. The van der Waals surface area contributed by atoms with E-state index >= 15 is 0 Å². The van der Waals surface area contributed by atoms with Crippen molar-refractivity contribution in [3.05, 3.63) is 60.2 Å². The van der Waals surface area contributed by atoms with Crippen molar-refractivity contribution in [2.45, 2.75) is 12.5 Å². The van der Waals surface area contributed by atoms with E-state index in [0.29, 0.717) is 19.5 Å². The number of amides is 3. The standard InChI is InChI=1S/C20H18N2O4/c23-18(21-11-17(12-21)22-19(24)13-26-20(22)25)10-14-6-8-16(9-7-14)15-4-2-1-3-5-15/h1-9,17H,10-13H2. The van der Waals surface area contributed by atoms with Crippen molar-refractivity contribution in [1.82, 2.24) is 9.80 Å². The predicted octanol–water partition coefficient (Wildman–Crippen LogP) is 2.09. The van der Waals surface area contributed by atoms with E-state index in [0.717, 1.165) is 21.6 Å². The van der Waals surface area contributed by atoms with Crippen LogP contribution in [-0.4, -0.2) is 53.4 Å². The fraction of sp³-hybridized carbons (Fsp3) is 0.250. The van der Waals surface area contributed by atoms with Gasteiger partial charge in [-0.2, -0.15) is 0 Å². The van der Waals surface area contributed by atoms with Gasteiger partial charge in [-0.3, -0.25) is 9.59 Å². The number of rotatable bonds is 4. The Kier molecular flexibility index (Phi) is 4.16. The summed E-state index contributed by atoms with van der Waals surface area (Å²) in [5.74, 6) is -0.336. The topological polar surface area (TPSA) is 66.9 Å². The molecule has 6 heteroatoms. The molecular weight excluding hydrogens is 332 g/mol. The molecule has 2 saturated heterocycles. The maximum atomic E-state index is 12.4. The Hall–Kier alpha value is -3.15. The van der Waals surface area contributed by atoms with Gasteiger partial charge in [0.2, 0.25) is 5.91 Å². The van der Waals surface area contributed by atoms with Gasteiger partial charge in [0, 0.05) is 13.1 Å². The predicted molar refractivity (Wildman–Crippen MR) is 94.1 cm³/mol. The van der Waals surface area contributed by atoms with E-state index in [4.69, 9.17) is 4.74 Å². The molecule has 0 aliphatic carbocycles. The van der Waals surface area contributed by atoms with Crippen molar-refractivity contribution in [3.63, 3.8) is 0 Å². The molecule has 2 aromatic carbocycles. The summed E-state index contributed by atoms with van der Waals surface area (Å²) in [6.45, 7) is 0.556. The number of carbonyl (C=O) groups excluding carboxylic acids is 3. The minimum Gasteiger partial charge on any atom is -0.439 e. The largest absolute Gasteiger partial charge is 0.439 e. The van der Waals surface area contributed by atoms with Crippen LogP contribution in [0, 0.1) is 0 Å². The summed E-state index contributed by atoms with van der Waals surface area (Å²) in [4.78, 5) is 38.3. The first kappa shape index (κ1) is 16.3. The first-order chi connectivity index (χ1) is 12.6.